The minimum Gasteiger partial charge on any atom is -0.497 e. The first-order valence-electron chi connectivity index (χ1n) is 9.22. The maximum absolute atomic E-state index is 12.4. The van der Waals surface area contributed by atoms with Gasteiger partial charge in [-0.05, 0) is 47.5 Å². The monoisotopic (exact) mass is 460 g/mol. The lowest BCUT2D eigenvalue weighted by atomic mass is 10.1. The van der Waals surface area contributed by atoms with Crippen molar-refractivity contribution in [3.8, 4) is 11.5 Å². The highest BCUT2D eigenvalue weighted by Crippen LogP contribution is 2.28. The average molecular weight is 461 g/mol. The fraction of sp³-hybridized carbons (Fsp3) is 0.136. The molecule has 3 aromatic rings. The Balaban J connectivity index is 1.76. The summed E-state index contributed by atoms with van der Waals surface area (Å²) in [4.78, 5) is 12.1. The van der Waals surface area contributed by atoms with Gasteiger partial charge in [-0.3, -0.25) is 4.79 Å². The lowest BCUT2D eigenvalue weighted by Crippen LogP contribution is -2.17. The molecule has 3 N–H and O–H groups in total. The van der Waals surface area contributed by atoms with Gasteiger partial charge in [0.1, 0.15) is 23.0 Å². The molecule has 9 heteroatoms. The number of primary sulfonamides is 1. The summed E-state index contributed by atoms with van der Waals surface area (Å²) >= 11 is 6.08. The molecule has 1 amide bonds. The fourth-order valence-electron chi connectivity index (χ4n) is 2.87. The van der Waals surface area contributed by atoms with Gasteiger partial charge < -0.3 is 14.8 Å². The number of amides is 1. The van der Waals surface area contributed by atoms with E-state index in [1.54, 1.807) is 55.6 Å². The molecule has 3 aromatic carbocycles. The fourth-order valence-corrected chi connectivity index (χ4v) is 3.77. The molecule has 162 valence electrons. The van der Waals surface area contributed by atoms with E-state index in [0.29, 0.717) is 16.3 Å². The van der Waals surface area contributed by atoms with Crippen molar-refractivity contribution in [2.24, 2.45) is 5.14 Å². The molecular weight excluding hydrogens is 440 g/mol. The van der Waals surface area contributed by atoms with Crippen molar-refractivity contribution in [3.63, 3.8) is 0 Å². The van der Waals surface area contributed by atoms with Crippen LogP contribution < -0.4 is 19.9 Å². The summed E-state index contributed by atoms with van der Waals surface area (Å²) in [7, 11) is -2.54. The van der Waals surface area contributed by atoms with E-state index in [1.807, 2.05) is 6.07 Å². The average Bonchev–Trinajstić information content (AvgIpc) is 2.74. The smallest absolute Gasteiger partial charge is 0.241 e. The molecule has 0 bridgehead atoms. The number of hydrogen-bond acceptors (Lipinski definition) is 5. The van der Waals surface area contributed by atoms with E-state index in [0.717, 1.165) is 5.56 Å². The molecule has 0 aliphatic carbocycles. The zero-order valence-corrected chi connectivity index (χ0v) is 18.2. The number of methoxy groups -OCH3 is 1. The normalized spacial score (nSPS) is 11.1. The molecule has 3 rings (SSSR count). The van der Waals surface area contributed by atoms with E-state index >= 15 is 0 Å². The largest absolute Gasteiger partial charge is 0.497 e. The first-order valence-corrected chi connectivity index (χ1v) is 11.1. The zero-order valence-electron chi connectivity index (χ0n) is 16.7. The van der Waals surface area contributed by atoms with Crippen LogP contribution in [0.5, 0.6) is 11.5 Å². The van der Waals surface area contributed by atoms with E-state index in [-0.39, 0.29) is 35.3 Å². The van der Waals surface area contributed by atoms with Gasteiger partial charge in [0.05, 0.1) is 13.5 Å². The van der Waals surface area contributed by atoms with E-state index in [4.69, 9.17) is 26.2 Å². The predicted molar refractivity (Wildman–Crippen MR) is 119 cm³/mol. The molecule has 0 saturated carbocycles. The van der Waals surface area contributed by atoms with Crippen LogP contribution in [-0.2, 0) is 27.8 Å². The van der Waals surface area contributed by atoms with Crippen LogP contribution in [0.1, 0.15) is 11.1 Å². The number of benzene rings is 3. The van der Waals surface area contributed by atoms with E-state index in [9.17, 15) is 13.2 Å². The maximum atomic E-state index is 12.4. The molecule has 0 fully saturated rings. The van der Waals surface area contributed by atoms with Crippen molar-refractivity contribution in [1.29, 1.82) is 0 Å². The number of nitrogens with one attached hydrogen (secondary N) is 1. The Morgan fingerprint density at radius 3 is 2.55 bits per heavy atom. The highest BCUT2D eigenvalue weighted by Gasteiger charge is 2.18. The quantitative estimate of drug-likeness (QED) is 0.532. The van der Waals surface area contributed by atoms with Crippen molar-refractivity contribution in [2.75, 3.05) is 12.4 Å². The lowest BCUT2D eigenvalue weighted by Gasteiger charge is -2.13. The third kappa shape index (κ3) is 6.21. The molecule has 0 atom stereocenters. The molecule has 0 heterocycles. The van der Waals surface area contributed by atoms with Crippen molar-refractivity contribution in [3.05, 3.63) is 82.9 Å². The number of hydrogen-bond donors (Lipinski definition) is 2. The Morgan fingerprint density at radius 2 is 1.84 bits per heavy atom. The third-order valence-corrected chi connectivity index (χ3v) is 5.67. The maximum Gasteiger partial charge on any atom is 0.241 e. The first kappa shape index (κ1) is 22.6. The Morgan fingerprint density at radius 1 is 1.06 bits per heavy atom. The highest BCUT2D eigenvalue weighted by atomic mass is 35.5. The highest BCUT2D eigenvalue weighted by molar-refractivity contribution is 7.89. The number of nitrogens with two attached hydrogens (primary N) is 1. The van der Waals surface area contributed by atoms with Crippen molar-refractivity contribution >= 4 is 33.2 Å². The van der Waals surface area contributed by atoms with Gasteiger partial charge in [0.25, 0.3) is 0 Å². The van der Waals surface area contributed by atoms with Crippen LogP contribution in [-0.4, -0.2) is 21.4 Å². The molecule has 0 unspecified atom stereocenters. The van der Waals surface area contributed by atoms with Gasteiger partial charge in [0.2, 0.25) is 15.9 Å². The number of anilines is 1. The summed E-state index contributed by atoms with van der Waals surface area (Å²) in [6, 6.07) is 18.4. The number of sulfonamides is 1. The topological polar surface area (TPSA) is 108 Å². The Labute approximate surface area is 185 Å². The second-order valence-electron chi connectivity index (χ2n) is 6.66. The Bertz CT molecular complexity index is 1200. The molecular formula is C22H21ClN2O5S. The third-order valence-electron chi connectivity index (χ3n) is 4.37. The van der Waals surface area contributed by atoms with Crippen LogP contribution in [0.15, 0.2) is 71.6 Å². The van der Waals surface area contributed by atoms with Gasteiger partial charge >= 0.3 is 0 Å². The van der Waals surface area contributed by atoms with E-state index in [2.05, 4.69) is 5.32 Å². The van der Waals surface area contributed by atoms with Gasteiger partial charge in [0.15, 0.2) is 0 Å². The summed E-state index contributed by atoms with van der Waals surface area (Å²) < 4.78 is 35.0. The first-order chi connectivity index (χ1) is 14.8. The predicted octanol–water partition coefficient (Wildman–Crippen LogP) is 3.76. The SMILES string of the molecule is COc1cccc(COc2ccc(NC(=O)Cc3ccccc3Cl)cc2S(N)(=O)=O)c1. The van der Waals surface area contributed by atoms with E-state index < -0.39 is 10.0 Å². The van der Waals surface area contributed by atoms with Gasteiger partial charge in [0, 0.05) is 10.7 Å². The van der Waals surface area contributed by atoms with Gasteiger partial charge in [-0.2, -0.15) is 0 Å². The van der Waals surface area contributed by atoms with Crippen LogP contribution >= 0.6 is 11.6 Å². The number of halogens is 1. The lowest BCUT2D eigenvalue weighted by molar-refractivity contribution is -0.115. The summed E-state index contributed by atoms with van der Waals surface area (Å²) in [5.41, 5.74) is 1.72. The van der Waals surface area contributed by atoms with Crippen molar-refractivity contribution in [2.45, 2.75) is 17.9 Å². The molecule has 7 nitrogen and oxygen atoms in total. The molecule has 0 saturated heterocycles. The number of ether oxygens (including phenoxy) is 2. The van der Waals surface area contributed by atoms with Crippen molar-refractivity contribution < 1.29 is 22.7 Å². The zero-order chi connectivity index (χ0) is 22.4. The van der Waals surface area contributed by atoms with Gasteiger partial charge in [-0.25, -0.2) is 13.6 Å². The summed E-state index contributed by atoms with van der Waals surface area (Å²) in [6.45, 7) is 0.109. The summed E-state index contributed by atoms with van der Waals surface area (Å²) in [5.74, 6) is 0.386. The molecule has 31 heavy (non-hydrogen) atoms. The number of rotatable bonds is 8. The molecule has 0 aliphatic rings. The second-order valence-corrected chi connectivity index (χ2v) is 8.60. The van der Waals surface area contributed by atoms with Crippen LogP contribution in [0.4, 0.5) is 5.69 Å². The minimum atomic E-state index is -4.10. The van der Waals surface area contributed by atoms with E-state index in [1.165, 1.54) is 12.1 Å². The minimum absolute atomic E-state index is 0.0402. The number of carbonyl (C=O) groups is 1. The van der Waals surface area contributed by atoms with Crippen LogP contribution in [0.25, 0.3) is 0 Å². The molecule has 0 radical (unpaired) electrons. The van der Waals surface area contributed by atoms with Gasteiger partial charge in [-0.1, -0.05) is 41.9 Å². The summed E-state index contributed by atoms with van der Waals surface area (Å²) in [5, 5.41) is 8.49. The van der Waals surface area contributed by atoms with Crippen molar-refractivity contribution in [1.82, 2.24) is 0 Å². The molecule has 0 aliphatic heterocycles. The van der Waals surface area contributed by atoms with Crippen LogP contribution in [0.3, 0.4) is 0 Å². The van der Waals surface area contributed by atoms with Crippen LogP contribution in [0.2, 0.25) is 5.02 Å². The second kappa shape index (κ2) is 9.82. The van der Waals surface area contributed by atoms with Gasteiger partial charge in [-0.15, -0.1) is 0 Å². The standard InChI is InChI=1S/C22H21ClN2O5S/c1-29-18-7-4-5-15(11-18)14-30-20-10-9-17(13-21(20)31(24,27)28)25-22(26)12-16-6-2-3-8-19(16)23/h2-11,13H,12,14H2,1H3,(H,25,26)(H2,24,27,28). The molecule has 0 spiro atoms. The molecule has 0 aromatic heterocycles. The number of carbonyl (C=O) groups excluding carboxylic acids is 1. The Hall–Kier alpha value is -3.07. The van der Waals surface area contributed by atoms with Crippen LogP contribution in [0, 0.1) is 0 Å². The Kier molecular flexibility index (Phi) is 7.17. The summed E-state index contributed by atoms with van der Waals surface area (Å²) in [6.07, 6.45) is 0.0402.